The second kappa shape index (κ2) is 8.02. The van der Waals surface area contributed by atoms with Crippen molar-refractivity contribution in [2.45, 2.75) is 76.3 Å². The van der Waals surface area contributed by atoms with E-state index in [0.29, 0.717) is 0 Å². The van der Waals surface area contributed by atoms with Crippen molar-refractivity contribution in [1.29, 1.82) is 0 Å². The Morgan fingerprint density at radius 2 is 0.889 bits per heavy atom. The van der Waals surface area contributed by atoms with Crippen LogP contribution in [0, 0.1) is 0 Å². The van der Waals surface area contributed by atoms with Crippen LogP contribution >= 0.6 is 0 Å². The van der Waals surface area contributed by atoms with E-state index in [4.69, 9.17) is 0 Å². The summed E-state index contributed by atoms with van der Waals surface area (Å²) in [6, 6.07) is 1.99. The van der Waals surface area contributed by atoms with Crippen molar-refractivity contribution in [1.82, 2.24) is 0 Å². The van der Waals surface area contributed by atoms with E-state index in [9.17, 15) is 17.3 Å². The van der Waals surface area contributed by atoms with Crippen LogP contribution in [0.4, 0.5) is 17.3 Å². The Bertz CT molecular complexity index is 189. The Morgan fingerprint density at radius 3 is 1.17 bits per heavy atom. The first-order valence-corrected chi connectivity index (χ1v) is 7.17. The minimum atomic E-state index is -6.00. The van der Waals surface area contributed by atoms with E-state index in [2.05, 4.69) is 5.32 Å². The largest absolute Gasteiger partial charge is 0.673 e. The Morgan fingerprint density at radius 1 is 0.611 bits per heavy atom. The third-order valence-corrected chi connectivity index (χ3v) is 3.84. The molecule has 0 spiro atoms. The molecule has 0 aromatic heterocycles. The predicted octanol–water partition coefficient (Wildman–Crippen LogP) is 3.52. The van der Waals surface area contributed by atoms with Gasteiger partial charge in [-0.25, -0.2) is 0 Å². The lowest BCUT2D eigenvalue weighted by atomic mass is 9.91. The van der Waals surface area contributed by atoms with E-state index in [1.54, 1.807) is 0 Å². The molecule has 0 unspecified atom stereocenters. The van der Waals surface area contributed by atoms with Crippen LogP contribution in [0.15, 0.2) is 0 Å². The van der Waals surface area contributed by atoms with E-state index in [1.165, 1.54) is 64.2 Å². The summed E-state index contributed by atoms with van der Waals surface area (Å²) in [5.74, 6) is 0. The lowest BCUT2D eigenvalue weighted by Crippen LogP contribution is -2.95. The quantitative estimate of drug-likeness (QED) is 0.583. The molecule has 2 fully saturated rings. The number of rotatable bonds is 2. The normalized spacial score (nSPS) is 23.3. The predicted molar refractivity (Wildman–Crippen MR) is 65.9 cm³/mol. The van der Waals surface area contributed by atoms with E-state index in [-0.39, 0.29) is 0 Å². The maximum atomic E-state index is 9.75. The summed E-state index contributed by atoms with van der Waals surface area (Å²) >= 11 is 0. The molecule has 2 rings (SSSR count). The molecule has 6 heteroatoms. The SMILES string of the molecule is C1CCC([NH2+]C2CCCCC2)CC1.F[B-](F)(F)F. The molecule has 0 heterocycles. The molecular formula is C12H24BF4N. The van der Waals surface area contributed by atoms with E-state index in [0.717, 1.165) is 12.1 Å². The Kier molecular flexibility index (Phi) is 7.04. The molecule has 18 heavy (non-hydrogen) atoms. The van der Waals surface area contributed by atoms with Crippen LogP contribution < -0.4 is 5.32 Å². The number of halogens is 4. The number of nitrogens with two attached hydrogens (primary N) is 1. The van der Waals surface area contributed by atoms with Crippen molar-refractivity contribution in [3.8, 4) is 0 Å². The van der Waals surface area contributed by atoms with E-state index >= 15 is 0 Å². The molecule has 0 bridgehead atoms. The number of hydrogen-bond donors (Lipinski definition) is 1. The van der Waals surface area contributed by atoms with Crippen molar-refractivity contribution in [3.63, 3.8) is 0 Å². The lowest BCUT2D eigenvalue weighted by molar-refractivity contribution is -0.725. The highest BCUT2D eigenvalue weighted by atomic mass is 19.5. The van der Waals surface area contributed by atoms with Gasteiger partial charge >= 0.3 is 7.25 Å². The fourth-order valence-corrected chi connectivity index (χ4v) is 3.04. The second-order valence-corrected chi connectivity index (χ2v) is 5.48. The molecular weight excluding hydrogens is 245 g/mol. The van der Waals surface area contributed by atoms with Gasteiger partial charge in [-0.2, -0.15) is 0 Å². The van der Waals surface area contributed by atoms with Gasteiger partial charge in [0.2, 0.25) is 0 Å². The fourth-order valence-electron chi connectivity index (χ4n) is 3.04. The molecule has 0 saturated heterocycles. The van der Waals surface area contributed by atoms with Gasteiger partial charge in [-0.05, 0) is 51.4 Å². The molecule has 2 N–H and O–H groups in total. The van der Waals surface area contributed by atoms with Crippen molar-refractivity contribution in [3.05, 3.63) is 0 Å². The smallest absolute Gasteiger partial charge is 0.418 e. The molecule has 0 aliphatic heterocycles. The Labute approximate surface area is 107 Å². The first kappa shape index (κ1) is 15.8. The molecule has 0 radical (unpaired) electrons. The zero-order valence-electron chi connectivity index (χ0n) is 10.9. The Balaban J connectivity index is 0.000000280. The van der Waals surface area contributed by atoms with Gasteiger partial charge in [-0.1, -0.05) is 12.8 Å². The van der Waals surface area contributed by atoms with Gasteiger partial charge in [0, 0.05) is 0 Å². The van der Waals surface area contributed by atoms with Crippen LogP contribution in [-0.4, -0.2) is 19.3 Å². The minimum absolute atomic E-state index is 0.997. The average molecular weight is 269 g/mol. The summed E-state index contributed by atoms with van der Waals surface area (Å²) in [7, 11) is -6.00. The van der Waals surface area contributed by atoms with Gasteiger partial charge in [0.15, 0.2) is 0 Å². The lowest BCUT2D eigenvalue weighted by Gasteiger charge is -2.27. The maximum Gasteiger partial charge on any atom is 0.673 e. The van der Waals surface area contributed by atoms with Crippen molar-refractivity contribution < 1.29 is 22.6 Å². The topological polar surface area (TPSA) is 16.6 Å². The van der Waals surface area contributed by atoms with Gasteiger partial charge in [-0.3, -0.25) is 0 Å². The molecule has 2 aliphatic rings. The van der Waals surface area contributed by atoms with Crippen LogP contribution in [0.2, 0.25) is 0 Å². The van der Waals surface area contributed by atoms with Gasteiger partial charge in [0.05, 0.1) is 12.1 Å². The number of hydrogen-bond acceptors (Lipinski definition) is 0. The maximum absolute atomic E-state index is 9.75. The van der Waals surface area contributed by atoms with Crippen LogP contribution in [0.25, 0.3) is 0 Å². The van der Waals surface area contributed by atoms with Crippen molar-refractivity contribution in [2.24, 2.45) is 0 Å². The summed E-state index contributed by atoms with van der Waals surface area (Å²) < 4.78 is 39.0. The van der Waals surface area contributed by atoms with Crippen LogP contribution in [0.3, 0.4) is 0 Å². The molecule has 108 valence electrons. The third kappa shape index (κ3) is 8.78. The van der Waals surface area contributed by atoms with Crippen molar-refractivity contribution >= 4 is 7.25 Å². The summed E-state index contributed by atoms with van der Waals surface area (Å²) in [6.07, 6.45) is 15.0. The highest BCUT2D eigenvalue weighted by Crippen LogP contribution is 2.18. The monoisotopic (exact) mass is 269 g/mol. The van der Waals surface area contributed by atoms with Gasteiger partial charge in [0.1, 0.15) is 0 Å². The molecule has 0 atom stereocenters. The first-order valence-electron chi connectivity index (χ1n) is 7.17. The second-order valence-electron chi connectivity index (χ2n) is 5.48. The highest BCUT2D eigenvalue weighted by molar-refractivity contribution is 6.50. The van der Waals surface area contributed by atoms with Gasteiger partial charge in [0.25, 0.3) is 0 Å². The molecule has 0 aromatic carbocycles. The molecule has 0 aromatic rings. The minimum Gasteiger partial charge on any atom is -0.418 e. The summed E-state index contributed by atoms with van der Waals surface area (Å²) in [4.78, 5) is 0. The van der Waals surface area contributed by atoms with Crippen LogP contribution in [-0.2, 0) is 0 Å². The van der Waals surface area contributed by atoms with Gasteiger partial charge < -0.3 is 22.6 Å². The van der Waals surface area contributed by atoms with Crippen LogP contribution in [0.1, 0.15) is 64.2 Å². The molecule has 1 nitrogen and oxygen atoms in total. The Hall–Kier alpha value is -0.255. The first-order chi connectivity index (χ1) is 8.45. The van der Waals surface area contributed by atoms with E-state index in [1.807, 2.05) is 0 Å². The zero-order valence-corrected chi connectivity index (χ0v) is 10.9. The summed E-state index contributed by atoms with van der Waals surface area (Å²) in [5.41, 5.74) is 0. The van der Waals surface area contributed by atoms with E-state index < -0.39 is 7.25 Å². The molecule has 2 aliphatic carbocycles. The fraction of sp³-hybridized carbons (Fsp3) is 1.00. The highest BCUT2D eigenvalue weighted by Gasteiger charge is 2.22. The third-order valence-electron chi connectivity index (χ3n) is 3.84. The zero-order chi connectivity index (χ0) is 13.4. The summed E-state index contributed by atoms with van der Waals surface area (Å²) in [6.45, 7) is 0. The summed E-state index contributed by atoms with van der Waals surface area (Å²) in [5, 5.41) is 2.72. The average Bonchev–Trinajstić information content (AvgIpc) is 2.29. The van der Waals surface area contributed by atoms with Crippen molar-refractivity contribution in [2.75, 3.05) is 0 Å². The standard InChI is InChI=1S/C12H23N.BF4/c1-3-7-11(8-4-1)13-12-9-5-2-6-10-12;2-1(3,4)5/h11-13H,1-10H2;/q;-1/p+1. The molecule has 2 saturated carbocycles. The number of quaternary nitrogens is 1. The van der Waals surface area contributed by atoms with Gasteiger partial charge in [-0.15, -0.1) is 0 Å². The van der Waals surface area contributed by atoms with Crippen LogP contribution in [0.5, 0.6) is 0 Å². The molecule has 0 amide bonds.